The molecule has 0 radical (unpaired) electrons. The summed E-state index contributed by atoms with van der Waals surface area (Å²) in [5.74, 6) is 0.978. The van der Waals surface area contributed by atoms with Gasteiger partial charge in [-0.25, -0.2) is 9.07 Å². The van der Waals surface area contributed by atoms with Crippen molar-refractivity contribution in [3.05, 3.63) is 65.7 Å². The van der Waals surface area contributed by atoms with Gasteiger partial charge in [-0.1, -0.05) is 6.07 Å². The van der Waals surface area contributed by atoms with Gasteiger partial charge < -0.3 is 19.3 Å². The fraction of sp³-hybridized carbons (Fsp3) is 0.304. The molecule has 0 bridgehead atoms. The minimum absolute atomic E-state index is 0.119. The maximum atomic E-state index is 13.7. The normalized spacial score (nSPS) is 13.9. The first-order valence-corrected chi connectivity index (χ1v) is 10.1. The number of aryl methyl sites for hydroxylation is 1. The lowest BCUT2D eigenvalue weighted by Gasteiger charge is -2.36. The lowest BCUT2D eigenvalue weighted by molar-refractivity contribution is 0.0737. The van der Waals surface area contributed by atoms with E-state index in [1.165, 1.54) is 16.8 Å². The molecule has 2 aromatic carbocycles. The maximum absolute atomic E-state index is 13.7. The molecule has 1 amide bonds. The summed E-state index contributed by atoms with van der Waals surface area (Å²) in [6.45, 7) is 4.27. The smallest absolute Gasteiger partial charge is 0.272 e. The molecule has 1 aliphatic rings. The molecule has 0 spiro atoms. The highest BCUT2D eigenvalue weighted by molar-refractivity contribution is 5.93. The first-order chi connectivity index (χ1) is 15.0. The average molecular weight is 424 g/mol. The molecule has 0 saturated carbocycles. The lowest BCUT2D eigenvalue weighted by Crippen LogP contribution is -2.49. The van der Waals surface area contributed by atoms with Crippen molar-refractivity contribution in [1.82, 2.24) is 14.7 Å². The van der Waals surface area contributed by atoms with E-state index in [1.54, 1.807) is 37.3 Å². The molecule has 1 fully saturated rings. The van der Waals surface area contributed by atoms with Crippen molar-refractivity contribution in [1.29, 1.82) is 0 Å². The number of anilines is 1. The minimum atomic E-state index is -0.369. The van der Waals surface area contributed by atoms with Gasteiger partial charge in [0.25, 0.3) is 5.91 Å². The highest BCUT2D eigenvalue weighted by atomic mass is 19.1. The number of hydrogen-bond acceptors (Lipinski definition) is 5. The van der Waals surface area contributed by atoms with Crippen LogP contribution in [0.4, 0.5) is 10.1 Å². The zero-order valence-corrected chi connectivity index (χ0v) is 17.8. The van der Waals surface area contributed by atoms with Gasteiger partial charge in [0.1, 0.15) is 23.0 Å². The van der Waals surface area contributed by atoms with Crippen LogP contribution in [-0.2, 0) is 0 Å². The summed E-state index contributed by atoms with van der Waals surface area (Å²) in [6.07, 6.45) is 0. The zero-order chi connectivity index (χ0) is 22.0. The van der Waals surface area contributed by atoms with E-state index in [4.69, 9.17) is 9.47 Å². The summed E-state index contributed by atoms with van der Waals surface area (Å²) < 4.78 is 26.0. The second-order valence-electron chi connectivity index (χ2n) is 7.38. The predicted molar refractivity (Wildman–Crippen MR) is 116 cm³/mol. The van der Waals surface area contributed by atoms with Crippen molar-refractivity contribution in [3.63, 3.8) is 0 Å². The molecule has 1 aromatic heterocycles. The van der Waals surface area contributed by atoms with Crippen LogP contribution in [0.1, 0.15) is 16.2 Å². The maximum Gasteiger partial charge on any atom is 0.272 e. The average Bonchev–Trinajstić information content (AvgIpc) is 3.20. The highest BCUT2D eigenvalue weighted by Crippen LogP contribution is 2.33. The Hall–Kier alpha value is -3.55. The highest BCUT2D eigenvalue weighted by Gasteiger charge is 2.27. The molecule has 0 N–H and O–H groups in total. The van der Waals surface area contributed by atoms with Crippen molar-refractivity contribution in [2.45, 2.75) is 6.92 Å². The van der Waals surface area contributed by atoms with Gasteiger partial charge in [-0.05, 0) is 43.3 Å². The Morgan fingerprint density at radius 1 is 1.00 bits per heavy atom. The minimum Gasteiger partial charge on any atom is -0.497 e. The van der Waals surface area contributed by atoms with Gasteiger partial charge in [-0.3, -0.25) is 4.79 Å². The van der Waals surface area contributed by atoms with Crippen molar-refractivity contribution in [3.8, 4) is 17.2 Å². The summed E-state index contributed by atoms with van der Waals surface area (Å²) in [7, 11) is 3.25. The van der Waals surface area contributed by atoms with E-state index < -0.39 is 0 Å². The summed E-state index contributed by atoms with van der Waals surface area (Å²) >= 11 is 0. The van der Waals surface area contributed by atoms with Crippen LogP contribution in [0.5, 0.6) is 11.5 Å². The van der Waals surface area contributed by atoms with Crippen LogP contribution < -0.4 is 14.4 Å². The Kier molecular flexibility index (Phi) is 5.79. The summed E-state index contributed by atoms with van der Waals surface area (Å²) in [5.41, 5.74) is 2.63. The van der Waals surface area contributed by atoms with Crippen LogP contribution in [0, 0.1) is 12.7 Å². The molecular weight excluding hydrogens is 399 g/mol. The first-order valence-electron chi connectivity index (χ1n) is 10.1. The Balaban J connectivity index is 1.51. The molecule has 3 aromatic rings. The SMILES string of the molecule is COc1ccc(N2CCN(C(=O)c3cc(C)nn3-c3cccc(F)c3)CC2)c(OC)c1. The third-order valence-electron chi connectivity index (χ3n) is 5.40. The van der Waals surface area contributed by atoms with Crippen LogP contribution >= 0.6 is 0 Å². The number of carbonyl (C=O) groups excluding carboxylic acids is 1. The van der Waals surface area contributed by atoms with E-state index in [-0.39, 0.29) is 11.7 Å². The number of nitrogens with zero attached hydrogens (tertiary/aromatic N) is 4. The monoisotopic (exact) mass is 424 g/mol. The Bertz CT molecular complexity index is 1090. The molecule has 7 nitrogen and oxygen atoms in total. The number of ether oxygens (including phenoxy) is 2. The van der Waals surface area contributed by atoms with E-state index in [9.17, 15) is 9.18 Å². The lowest BCUT2D eigenvalue weighted by atomic mass is 10.2. The second-order valence-corrected chi connectivity index (χ2v) is 7.38. The van der Waals surface area contributed by atoms with Crippen LogP contribution in [0.25, 0.3) is 5.69 Å². The number of rotatable bonds is 5. The van der Waals surface area contributed by atoms with E-state index in [0.29, 0.717) is 43.3 Å². The van der Waals surface area contributed by atoms with Gasteiger partial charge in [-0.2, -0.15) is 5.10 Å². The Morgan fingerprint density at radius 3 is 2.45 bits per heavy atom. The molecule has 2 heterocycles. The van der Waals surface area contributed by atoms with Crippen LogP contribution in [-0.4, -0.2) is 61.0 Å². The van der Waals surface area contributed by atoms with Crippen LogP contribution in [0.15, 0.2) is 48.5 Å². The molecule has 162 valence electrons. The number of piperazine rings is 1. The zero-order valence-electron chi connectivity index (χ0n) is 17.8. The number of hydrogen-bond donors (Lipinski definition) is 0. The van der Waals surface area contributed by atoms with Crippen molar-refractivity contribution in [2.75, 3.05) is 45.3 Å². The van der Waals surface area contributed by atoms with Crippen LogP contribution in [0.3, 0.4) is 0 Å². The Labute approximate surface area is 180 Å². The summed E-state index contributed by atoms with van der Waals surface area (Å²) in [4.78, 5) is 17.2. The fourth-order valence-corrected chi connectivity index (χ4v) is 3.82. The predicted octanol–water partition coefficient (Wildman–Crippen LogP) is 3.30. The fourth-order valence-electron chi connectivity index (χ4n) is 3.82. The van der Waals surface area contributed by atoms with Gasteiger partial charge in [-0.15, -0.1) is 0 Å². The number of benzene rings is 2. The standard InChI is InChI=1S/C23H25FN4O3/c1-16-13-21(28(25-16)18-6-4-5-17(24)14-18)23(29)27-11-9-26(10-12-27)20-8-7-19(30-2)15-22(20)31-3/h4-8,13-15H,9-12H2,1-3H3. The molecule has 0 aliphatic carbocycles. The molecule has 0 unspecified atom stereocenters. The molecular formula is C23H25FN4O3. The molecule has 1 aliphatic heterocycles. The van der Waals surface area contributed by atoms with Crippen molar-refractivity contribution in [2.24, 2.45) is 0 Å². The van der Waals surface area contributed by atoms with E-state index in [0.717, 1.165) is 17.2 Å². The third kappa shape index (κ3) is 4.19. The second kappa shape index (κ2) is 8.67. The number of amides is 1. The van der Waals surface area contributed by atoms with Crippen molar-refractivity contribution < 1.29 is 18.7 Å². The van der Waals surface area contributed by atoms with E-state index in [1.807, 2.05) is 25.1 Å². The topological polar surface area (TPSA) is 59.8 Å². The summed E-state index contributed by atoms with van der Waals surface area (Å²) in [5, 5.41) is 4.40. The molecule has 4 rings (SSSR count). The molecule has 8 heteroatoms. The van der Waals surface area contributed by atoms with Crippen molar-refractivity contribution >= 4 is 11.6 Å². The number of methoxy groups -OCH3 is 2. The van der Waals surface area contributed by atoms with Gasteiger partial charge >= 0.3 is 0 Å². The van der Waals surface area contributed by atoms with E-state index >= 15 is 0 Å². The van der Waals surface area contributed by atoms with Gasteiger partial charge in [0.15, 0.2) is 0 Å². The molecule has 1 saturated heterocycles. The van der Waals surface area contributed by atoms with Gasteiger partial charge in [0, 0.05) is 32.2 Å². The van der Waals surface area contributed by atoms with E-state index in [2.05, 4.69) is 10.00 Å². The molecule has 0 atom stereocenters. The quantitative estimate of drug-likeness (QED) is 0.629. The van der Waals surface area contributed by atoms with Gasteiger partial charge in [0.2, 0.25) is 0 Å². The van der Waals surface area contributed by atoms with Gasteiger partial charge in [0.05, 0.1) is 31.3 Å². The summed E-state index contributed by atoms with van der Waals surface area (Å²) in [6, 6.07) is 13.6. The Morgan fingerprint density at radius 2 is 1.77 bits per heavy atom. The first kappa shape index (κ1) is 20.7. The number of carbonyl (C=O) groups is 1. The molecule has 31 heavy (non-hydrogen) atoms. The largest absolute Gasteiger partial charge is 0.497 e. The number of aromatic nitrogens is 2. The van der Waals surface area contributed by atoms with Crippen LogP contribution in [0.2, 0.25) is 0 Å². The third-order valence-corrected chi connectivity index (χ3v) is 5.40. The number of halogens is 1.